The summed E-state index contributed by atoms with van der Waals surface area (Å²) < 4.78 is 2.54. The van der Waals surface area contributed by atoms with E-state index in [0.717, 1.165) is 21.3 Å². The normalized spacial score (nSPS) is 20.3. The lowest BCUT2D eigenvalue weighted by Gasteiger charge is -2.23. The van der Waals surface area contributed by atoms with E-state index < -0.39 is 0 Å². The van der Waals surface area contributed by atoms with Gasteiger partial charge in [0.25, 0.3) is 0 Å². The number of thiophene rings is 1. The van der Waals surface area contributed by atoms with E-state index >= 15 is 0 Å². The fraction of sp³-hybridized carbons (Fsp3) is 0.467. The largest absolute Gasteiger partial charge is 0.340 e. The van der Waals surface area contributed by atoms with Gasteiger partial charge in [0.1, 0.15) is 0 Å². The van der Waals surface area contributed by atoms with Crippen molar-refractivity contribution in [1.82, 2.24) is 20.0 Å². The first-order chi connectivity index (χ1) is 10.5. The molecule has 0 spiro atoms. The lowest BCUT2D eigenvalue weighted by atomic mass is 9.90. The number of rotatable bonds is 4. The molecule has 2 aromatic heterocycles. The first kappa shape index (κ1) is 18.3. The van der Waals surface area contributed by atoms with Gasteiger partial charge in [-0.1, -0.05) is 11.6 Å². The van der Waals surface area contributed by atoms with Gasteiger partial charge >= 0.3 is 0 Å². The van der Waals surface area contributed by atoms with Gasteiger partial charge in [-0.05, 0) is 17.7 Å². The Morgan fingerprint density at radius 3 is 2.91 bits per heavy atom. The molecule has 2 aromatic rings. The number of carbonyl (C=O) groups excluding carboxylic acids is 1. The van der Waals surface area contributed by atoms with Gasteiger partial charge in [0.2, 0.25) is 5.91 Å². The van der Waals surface area contributed by atoms with Gasteiger partial charge in [0.15, 0.2) is 0 Å². The van der Waals surface area contributed by atoms with E-state index in [-0.39, 0.29) is 30.2 Å². The minimum Gasteiger partial charge on any atom is -0.340 e. The standard InChI is InChI=1S/C15H19ClN4OS.ClH/c1-19(9-11-3-4-14(16)22-11)15(21)13-7-17-6-12(13)10-5-18-20(2)8-10;/h3-5,8,12-13,17H,6-7,9H2,1-2H3;1H/t12-,13+;/m1./s1. The van der Waals surface area contributed by atoms with Crippen molar-refractivity contribution in [1.29, 1.82) is 0 Å². The zero-order chi connectivity index (χ0) is 15.7. The topological polar surface area (TPSA) is 50.2 Å². The fourth-order valence-electron chi connectivity index (χ4n) is 2.95. The molecule has 0 radical (unpaired) electrons. The van der Waals surface area contributed by atoms with Crippen LogP contribution < -0.4 is 5.32 Å². The summed E-state index contributed by atoms with van der Waals surface area (Å²) in [6.45, 7) is 2.14. The zero-order valence-corrected chi connectivity index (χ0v) is 15.4. The molecule has 0 saturated carbocycles. The van der Waals surface area contributed by atoms with Gasteiger partial charge in [-0.3, -0.25) is 9.48 Å². The van der Waals surface area contributed by atoms with E-state index in [1.54, 1.807) is 9.58 Å². The van der Waals surface area contributed by atoms with Crippen LogP contribution in [0.5, 0.6) is 0 Å². The number of aryl methyl sites for hydroxylation is 1. The molecule has 1 amide bonds. The minimum absolute atomic E-state index is 0. The third-order valence-corrected chi connectivity index (χ3v) is 5.30. The zero-order valence-electron chi connectivity index (χ0n) is 13.0. The summed E-state index contributed by atoms with van der Waals surface area (Å²) in [6, 6.07) is 3.84. The lowest BCUT2D eigenvalue weighted by Crippen LogP contribution is -2.35. The van der Waals surface area contributed by atoms with Gasteiger partial charge < -0.3 is 10.2 Å². The van der Waals surface area contributed by atoms with Crippen molar-refractivity contribution >= 4 is 41.3 Å². The van der Waals surface area contributed by atoms with Crippen LogP contribution in [-0.2, 0) is 18.4 Å². The van der Waals surface area contributed by atoms with Crippen molar-refractivity contribution in [2.75, 3.05) is 20.1 Å². The number of hydrogen-bond donors (Lipinski definition) is 1. The van der Waals surface area contributed by atoms with Crippen molar-refractivity contribution in [3.63, 3.8) is 0 Å². The predicted molar refractivity (Wildman–Crippen MR) is 95.4 cm³/mol. The van der Waals surface area contributed by atoms with Crippen LogP contribution in [-0.4, -0.2) is 40.7 Å². The Morgan fingerprint density at radius 2 is 2.30 bits per heavy atom. The van der Waals surface area contributed by atoms with Crippen molar-refractivity contribution in [2.45, 2.75) is 12.5 Å². The molecule has 0 unspecified atom stereocenters. The average molecular weight is 375 g/mol. The van der Waals surface area contributed by atoms with Crippen molar-refractivity contribution in [2.24, 2.45) is 13.0 Å². The highest BCUT2D eigenvalue weighted by atomic mass is 35.5. The molecule has 0 aliphatic carbocycles. The SMILES string of the molecule is CN(Cc1ccc(Cl)s1)C(=O)[C@H]1CNC[C@@H]1c1cnn(C)c1.Cl. The van der Waals surface area contributed by atoms with E-state index in [4.69, 9.17) is 11.6 Å². The highest BCUT2D eigenvalue weighted by molar-refractivity contribution is 7.16. The first-order valence-electron chi connectivity index (χ1n) is 7.23. The number of nitrogens with zero attached hydrogens (tertiary/aromatic N) is 3. The third-order valence-electron chi connectivity index (χ3n) is 4.08. The number of hydrogen-bond acceptors (Lipinski definition) is 4. The Hall–Kier alpha value is -1.08. The van der Waals surface area contributed by atoms with Gasteiger partial charge in [0.05, 0.1) is 23.0 Å². The van der Waals surface area contributed by atoms with Gasteiger partial charge in [0, 0.05) is 44.2 Å². The molecule has 3 rings (SSSR count). The fourth-order valence-corrected chi connectivity index (χ4v) is 4.09. The van der Waals surface area contributed by atoms with Crippen LogP contribution in [0.2, 0.25) is 4.34 Å². The summed E-state index contributed by atoms with van der Waals surface area (Å²) in [7, 11) is 3.75. The van der Waals surface area contributed by atoms with Crippen LogP contribution in [0.25, 0.3) is 0 Å². The van der Waals surface area contributed by atoms with E-state index in [0.29, 0.717) is 13.1 Å². The molecule has 5 nitrogen and oxygen atoms in total. The van der Waals surface area contributed by atoms with Crippen LogP contribution in [0, 0.1) is 5.92 Å². The summed E-state index contributed by atoms with van der Waals surface area (Å²) in [6.07, 6.45) is 3.86. The molecule has 8 heteroatoms. The second-order valence-corrected chi connectivity index (χ2v) is 7.52. The first-order valence-corrected chi connectivity index (χ1v) is 8.42. The van der Waals surface area contributed by atoms with Crippen LogP contribution >= 0.6 is 35.3 Å². The molecule has 23 heavy (non-hydrogen) atoms. The molecule has 3 heterocycles. The van der Waals surface area contributed by atoms with Crippen LogP contribution in [0.4, 0.5) is 0 Å². The molecule has 0 bridgehead atoms. The molecule has 1 aliphatic heterocycles. The Labute approximate surface area is 151 Å². The molecule has 126 valence electrons. The van der Waals surface area contributed by atoms with Crippen LogP contribution in [0.15, 0.2) is 24.5 Å². The Morgan fingerprint density at radius 1 is 1.52 bits per heavy atom. The molecule has 2 atom stereocenters. The summed E-state index contributed by atoms with van der Waals surface area (Å²) in [5.41, 5.74) is 1.12. The molecule has 0 aromatic carbocycles. The monoisotopic (exact) mass is 374 g/mol. The van der Waals surface area contributed by atoms with E-state index in [1.807, 2.05) is 38.6 Å². The number of carbonyl (C=O) groups is 1. The van der Waals surface area contributed by atoms with Crippen molar-refractivity contribution in [3.8, 4) is 0 Å². The van der Waals surface area contributed by atoms with Crippen LogP contribution in [0.1, 0.15) is 16.4 Å². The molecule has 1 aliphatic rings. The maximum Gasteiger partial charge on any atom is 0.227 e. The molecular weight excluding hydrogens is 355 g/mol. The van der Waals surface area contributed by atoms with Crippen molar-refractivity contribution in [3.05, 3.63) is 39.3 Å². The summed E-state index contributed by atoms with van der Waals surface area (Å²) in [4.78, 5) is 15.7. The second-order valence-electron chi connectivity index (χ2n) is 5.72. The Balaban J connectivity index is 0.00000192. The van der Waals surface area contributed by atoms with E-state index in [9.17, 15) is 4.79 Å². The Bertz CT molecular complexity index is 672. The van der Waals surface area contributed by atoms with E-state index in [2.05, 4.69) is 10.4 Å². The molecular formula is C15H20Cl2N4OS. The summed E-state index contributed by atoms with van der Waals surface area (Å²) >= 11 is 7.47. The highest BCUT2D eigenvalue weighted by Gasteiger charge is 2.36. The predicted octanol–water partition coefficient (Wildman–Crippen LogP) is 2.52. The molecule has 1 fully saturated rings. The maximum atomic E-state index is 12.8. The van der Waals surface area contributed by atoms with Gasteiger partial charge in [-0.15, -0.1) is 23.7 Å². The summed E-state index contributed by atoms with van der Waals surface area (Å²) in [5, 5.41) is 7.55. The van der Waals surface area contributed by atoms with Crippen molar-refractivity contribution < 1.29 is 4.79 Å². The Kier molecular flexibility index (Phi) is 6.08. The highest BCUT2D eigenvalue weighted by Crippen LogP contribution is 2.30. The average Bonchev–Trinajstić information content (AvgIpc) is 3.18. The quantitative estimate of drug-likeness (QED) is 0.894. The minimum atomic E-state index is -0.0374. The molecule has 1 N–H and O–H groups in total. The third kappa shape index (κ3) is 4.07. The van der Waals surface area contributed by atoms with E-state index in [1.165, 1.54) is 11.3 Å². The number of nitrogens with one attached hydrogen (secondary N) is 1. The van der Waals surface area contributed by atoms with Crippen LogP contribution in [0.3, 0.4) is 0 Å². The van der Waals surface area contributed by atoms with Gasteiger partial charge in [-0.2, -0.15) is 5.10 Å². The summed E-state index contributed by atoms with van der Waals surface area (Å²) in [5.74, 6) is 0.323. The lowest BCUT2D eigenvalue weighted by molar-refractivity contribution is -0.134. The molecule has 1 saturated heterocycles. The smallest absolute Gasteiger partial charge is 0.227 e. The second kappa shape index (κ2) is 7.66. The number of halogens is 2. The van der Waals surface area contributed by atoms with Gasteiger partial charge in [-0.25, -0.2) is 0 Å². The number of aromatic nitrogens is 2. The maximum absolute atomic E-state index is 12.8. The number of amides is 1.